The summed E-state index contributed by atoms with van der Waals surface area (Å²) in [5.41, 5.74) is 3.15. The van der Waals surface area contributed by atoms with Gasteiger partial charge in [-0.25, -0.2) is 14.7 Å². The molecule has 2 saturated heterocycles. The first-order valence-corrected chi connectivity index (χ1v) is 11.9. The van der Waals surface area contributed by atoms with Crippen molar-refractivity contribution in [2.45, 2.75) is 65.2 Å². The average Bonchev–Trinajstić information content (AvgIpc) is 3.40. The van der Waals surface area contributed by atoms with Gasteiger partial charge in [0.2, 0.25) is 0 Å². The molecule has 0 aromatic heterocycles. The van der Waals surface area contributed by atoms with E-state index < -0.39 is 18.0 Å². The van der Waals surface area contributed by atoms with E-state index in [1.54, 1.807) is 14.0 Å². The molecule has 2 fully saturated rings. The molecule has 1 spiro atoms. The first-order chi connectivity index (χ1) is 16.3. The Morgan fingerprint density at radius 2 is 1.85 bits per heavy atom. The highest BCUT2D eigenvalue weighted by atomic mass is 16.8. The molecule has 186 valence electrons. The molecule has 34 heavy (non-hydrogen) atoms. The molecule has 0 saturated carbocycles. The molecule has 4 rings (SSSR count). The number of rotatable bonds is 6. The van der Waals surface area contributed by atoms with Crippen molar-refractivity contribution in [2.24, 2.45) is 0 Å². The summed E-state index contributed by atoms with van der Waals surface area (Å²) < 4.78 is 16.7. The molecule has 0 aliphatic carbocycles. The lowest BCUT2D eigenvalue weighted by molar-refractivity contribution is -0.291. The van der Waals surface area contributed by atoms with Crippen molar-refractivity contribution < 1.29 is 33.5 Å². The Kier molecular flexibility index (Phi) is 7.28. The molecule has 3 aliphatic heterocycles. The van der Waals surface area contributed by atoms with Crippen molar-refractivity contribution in [3.05, 3.63) is 40.1 Å². The lowest BCUT2D eigenvalue weighted by Crippen LogP contribution is -2.56. The lowest BCUT2D eigenvalue weighted by Gasteiger charge is -2.43. The van der Waals surface area contributed by atoms with Gasteiger partial charge in [-0.3, -0.25) is 4.79 Å². The van der Waals surface area contributed by atoms with Gasteiger partial charge >= 0.3 is 6.16 Å². The van der Waals surface area contributed by atoms with Gasteiger partial charge in [0, 0.05) is 19.5 Å². The van der Waals surface area contributed by atoms with Gasteiger partial charge in [-0.15, -0.1) is 0 Å². The van der Waals surface area contributed by atoms with Crippen LogP contribution in [0.2, 0.25) is 0 Å². The van der Waals surface area contributed by atoms with E-state index in [2.05, 4.69) is 0 Å². The maximum absolute atomic E-state index is 14.0. The predicted octanol–water partition coefficient (Wildman–Crippen LogP) is 3.80. The smallest absolute Gasteiger partial charge is 0.434 e. The van der Waals surface area contributed by atoms with Crippen LogP contribution in [0.4, 0.5) is 4.79 Å². The summed E-state index contributed by atoms with van der Waals surface area (Å²) in [5, 5.41) is 3.22. The lowest BCUT2D eigenvalue weighted by atomic mass is 9.85. The van der Waals surface area contributed by atoms with E-state index in [0.717, 1.165) is 28.7 Å². The van der Waals surface area contributed by atoms with Crippen molar-refractivity contribution in [3.63, 3.8) is 0 Å². The SMILES string of the molecule is CCOC(=O)OC1=C(c2cc(C)c(C)cc2C)C(=O)N(OC2CCCO2)C12CCN(OC)CC2. The van der Waals surface area contributed by atoms with Crippen molar-refractivity contribution >= 4 is 17.6 Å². The number of ether oxygens (including phenoxy) is 3. The number of amides is 1. The number of aryl methyl sites for hydroxylation is 3. The largest absolute Gasteiger partial charge is 0.513 e. The zero-order valence-corrected chi connectivity index (χ0v) is 20.6. The Morgan fingerprint density at radius 3 is 2.47 bits per heavy atom. The summed E-state index contributed by atoms with van der Waals surface area (Å²) in [5.74, 6) is -0.0666. The van der Waals surface area contributed by atoms with Gasteiger partial charge in [0.05, 0.1) is 25.9 Å². The van der Waals surface area contributed by atoms with E-state index in [-0.39, 0.29) is 18.3 Å². The number of nitrogens with zero attached hydrogens (tertiary/aromatic N) is 2. The fourth-order valence-electron chi connectivity index (χ4n) is 4.93. The number of hydrogen-bond donors (Lipinski definition) is 0. The molecule has 1 aromatic carbocycles. The van der Waals surface area contributed by atoms with E-state index in [1.165, 1.54) is 5.06 Å². The zero-order chi connectivity index (χ0) is 24.5. The van der Waals surface area contributed by atoms with Crippen LogP contribution in [-0.2, 0) is 28.7 Å². The second-order valence-electron chi connectivity index (χ2n) is 9.03. The van der Waals surface area contributed by atoms with Crippen LogP contribution in [0.5, 0.6) is 0 Å². The first kappa shape index (κ1) is 24.7. The Balaban J connectivity index is 1.85. The number of hydroxylamine groups is 4. The number of piperidine rings is 1. The molecule has 9 heteroatoms. The maximum atomic E-state index is 14.0. The Bertz CT molecular complexity index is 976. The van der Waals surface area contributed by atoms with E-state index in [1.807, 2.05) is 38.0 Å². The number of hydrogen-bond acceptors (Lipinski definition) is 8. The van der Waals surface area contributed by atoms with Crippen LogP contribution >= 0.6 is 0 Å². The molecule has 0 radical (unpaired) electrons. The Hall–Kier alpha value is -2.46. The average molecular weight is 475 g/mol. The van der Waals surface area contributed by atoms with Gasteiger partial charge < -0.3 is 19.0 Å². The number of carbonyl (C=O) groups is 2. The van der Waals surface area contributed by atoms with Gasteiger partial charge in [-0.2, -0.15) is 5.06 Å². The highest BCUT2D eigenvalue weighted by Crippen LogP contribution is 2.48. The summed E-state index contributed by atoms with van der Waals surface area (Å²) >= 11 is 0. The highest BCUT2D eigenvalue weighted by molar-refractivity contribution is 6.23. The third-order valence-electron chi connectivity index (χ3n) is 6.91. The summed E-state index contributed by atoms with van der Waals surface area (Å²) in [7, 11) is 1.62. The monoisotopic (exact) mass is 474 g/mol. The van der Waals surface area contributed by atoms with Crippen molar-refractivity contribution in [1.82, 2.24) is 10.1 Å². The van der Waals surface area contributed by atoms with Crippen LogP contribution in [-0.4, -0.2) is 67.4 Å². The highest BCUT2D eigenvalue weighted by Gasteiger charge is 2.58. The molecule has 9 nitrogen and oxygen atoms in total. The summed E-state index contributed by atoms with van der Waals surface area (Å²) in [6, 6.07) is 4.01. The minimum Gasteiger partial charge on any atom is -0.434 e. The summed E-state index contributed by atoms with van der Waals surface area (Å²) in [6.45, 7) is 9.50. The third-order valence-corrected chi connectivity index (χ3v) is 6.91. The van der Waals surface area contributed by atoms with Crippen LogP contribution in [0.15, 0.2) is 17.9 Å². The van der Waals surface area contributed by atoms with E-state index in [0.29, 0.717) is 44.5 Å². The summed E-state index contributed by atoms with van der Waals surface area (Å²) in [6.07, 6.45) is 1.11. The van der Waals surface area contributed by atoms with Crippen LogP contribution in [0.3, 0.4) is 0 Å². The Morgan fingerprint density at radius 1 is 1.15 bits per heavy atom. The minimum atomic E-state index is -0.981. The quantitative estimate of drug-likeness (QED) is 0.576. The predicted molar refractivity (Wildman–Crippen MR) is 123 cm³/mol. The molecule has 0 bridgehead atoms. The van der Waals surface area contributed by atoms with E-state index >= 15 is 0 Å². The molecule has 0 N–H and O–H groups in total. The molecule has 1 unspecified atom stereocenters. The molecular weight excluding hydrogens is 440 g/mol. The minimum absolute atomic E-state index is 0.165. The second-order valence-corrected chi connectivity index (χ2v) is 9.03. The second kappa shape index (κ2) is 10.0. The standard InChI is InChI=1S/C25H34N2O7/c1-6-31-24(29)33-22-21(19-15-17(3)16(2)14-18(19)4)23(28)27(34-20-8-7-13-32-20)25(22)9-11-26(30-5)12-10-25/h14-15,20H,6-13H2,1-5H3. The van der Waals surface area contributed by atoms with E-state index in [4.69, 9.17) is 23.9 Å². The molecular formula is C25H34N2O7. The van der Waals surface area contributed by atoms with Crippen LogP contribution < -0.4 is 0 Å². The molecule has 1 amide bonds. The molecule has 1 aromatic rings. The van der Waals surface area contributed by atoms with Gasteiger partial charge in [-0.1, -0.05) is 12.1 Å². The first-order valence-electron chi connectivity index (χ1n) is 11.9. The summed E-state index contributed by atoms with van der Waals surface area (Å²) in [4.78, 5) is 38.2. The van der Waals surface area contributed by atoms with Gasteiger partial charge in [0.1, 0.15) is 5.54 Å². The van der Waals surface area contributed by atoms with Crippen LogP contribution in [0, 0.1) is 20.8 Å². The van der Waals surface area contributed by atoms with Gasteiger partial charge in [-0.05, 0) is 69.2 Å². The maximum Gasteiger partial charge on any atom is 0.513 e. The van der Waals surface area contributed by atoms with Crippen LogP contribution in [0.1, 0.15) is 54.9 Å². The Labute approximate surface area is 200 Å². The third kappa shape index (κ3) is 4.45. The van der Waals surface area contributed by atoms with Crippen molar-refractivity contribution in [3.8, 4) is 0 Å². The fourth-order valence-corrected chi connectivity index (χ4v) is 4.93. The number of carbonyl (C=O) groups excluding carboxylic acids is 2. The van der Waals surface area contributed by atoms with Gasteiger partial charge in [0.25, 0.3) is 5.91 Å². The molecule has 3 aliphatic rings. The molecule has 1 atom stereocenters. The molecule has 3 heterocycles. The van der Waals surface area contributed by atoms with Gasteiger partial charge in [0.15, 0.2) is 12.0 Å². The van der Waals surface area contributed by atoms with Crippen molar-refractivity contribution in [1.29, 1.82) is 0 Å². The number of benzene rings is 1. The normalized spacial score (nSPS) is 22.7. The van der Waals surface area contributed by atoms with Crippen molar-refractivity contribution in [2.75, 3.05) is 33.4 Å². The van der Waals surface area contributed by atoms with E-state index in [9.17, 15) is 9.59 Å². The zero-order valence-electron chi connectivity index (χ0n) is 20.6. The van der Waals surface area contributed by atoms with Crippen LogP contribution in [0.25, 0.3) is 5.57 Å². The topological polar surface area (TPSA) is 86.8 Å². The fraction of sp³-hybridized carbons (Fsp3) is 0.600.